The molecule has 28 heavy (non-hydrogen) atoms. The summed E-state index contributed by atoms with van der Waals surface area (Å²) in [5.74, 6) is 0.473. The van der Waals surface area contributed by atoms with Gasteiger partial charge in [-0.25, -0.2) is 9.97 Å². The molecule has 6 nitrogen and oxygen atoms in total. The van der Waals surface area contributed by atoms with Crippen LogP contribution in [-0.4, -0.2) is 42.1 Å². The molecule has 3 rings (SSSR count). The second-order valence-electron chi connectivity index (χ2n) is 7.37. The van der Waals surface area contributed by atoms with Gasteiger partial charge in [-0.1, -0.05) is 0 Å². The van der Waals surface area contributed by atoms with Crippen LogP contribution in [0.2, 0.25) is 0 Å². The summed E-state index contributed by atoms with van der Waals surface area (Å²) in [7, 11) is 0. The number of nitrogens with zero attached hydrogens (tertiary/aromatic N) is 4. The number of rotatable bonds is 6. The number of aromatic nitrogens is 2. The van der Waals surface area contributed by atoms with Gasteiger partial charge in [0.25, 0.3) is 5.91 Å². The molecule has 0 spiro atoms. The Morgan fingerprint density at radius 1 is 1.07 bits per heavy atom. The van der Waals surface area contributed by atoms with Crippen LogP contribution in [0.5, 0.6) is 0 Å². The van der Waals surface area contributed by atoms with Crippen molar-refractivity contribution in [3.8, 4) is 0 Å². The highest BCUT2D eigenvalue weighted by molar-refractivity contribution is 6.03. The predicted octanol–water partition coefficient (Wildman–Crippen LogP) is 4.18. The van der Waals surface area contributed by atoms with Crippen LogP contribution in [0.25, 0.3) is 0 Å². The average molecular weight is 382 g/mol. The Balaban J connectivity index is 1.78. The number of nitrogens with one attached hydrogen (secondary N) is 1. The minimum Gasteiger partial charge on any atom is -0.372 e. The van der Waals surface area contributed by atoms with Gasteiger partial charge in [-0.05, 0) is 76.8 Å². The van der Waals surface area contributed by atoms with Crippen LogP contribution in [0.1, 0.15) is 54.9 Å². The second kappa shape index (κ2) is 9.04. The highest BCUT2D eigenvalue weighted by Crippen LogP contribution is 2.23. The molecular formula is C22H31N5O. The lowest BCUT2D eigenvalue weighted by atomic mass is 10.1. The number of piperidine rings is 1. The van der Waals surface area contributed by atoms with Gasteiger partial charge in [0.1, 0.15) is 5.69 Å². The van der Waals surface area contributed by atoms with Crippen LogP contribution in [0, 0.1) is 13.8 Å². The SMILES string of the molecule is CCN(CC)c1ccc(NC(=O)c2cc(C)nc(N3CCCCC3)n2)c(C)c1. The Morgan fingerprint density at radius 2 is 1.79 bits per heavy atom. The molecule has 0 bridgehead atoms. The summed E-state index contributed by atoms with van der Waals surface area (Å²) < 4.78 is 0. The van der Waals surface area contributed by atoms with Crippen molar-refractivity contribution in [3.63, 3.8) is 0 Å². The Bertz CT molecular complexity index is 826. The van der Waals surface area contributed by atoms with E-state index in [1.165, 1.54) is 12.1 Å². The molecule has 0 aliphatic carbocycles. The van der Waals surface area contributed by atoms with E-state index in [1.54, 1.807) is 6.07 Å². The zero-order chi connectivity index (χ0) is 20.1. The zero-order valence-corrected chi connectivity index (χ0v) is 17.5. The van der Waals surface area contributed by atoms with Crippen molar-refractivity contribution in [2.24, 2.45) is 0 Å². The number of carbonyl (C=O) groups is 1. The van der Waals surface area contributed by atoms with Crippen molar-refractivity contribution in [1.82, 2.24) is 9.97 Å². The van der Waals surface area contributed by atoms with Gasteiger partial charge in [0.2, 0.25) is 5.95 Å². The Hall–Kier alpha value is -2.63. The minimum absolute atomic E-state index is 0.192. The predicted molar refractivity (Wildman–Crippen MR) is 116 cm³/mol. The zero-order valence-electron chi connectivity index (χ0n) is 17.5. The number of amides is 1. The van der Waals surface area contributed by atoms with Gasteiger partial charge in [-0.15, -0.1) is 0 Å². The molecule has 1 amide bonds. The van der Waals surface area contributed by atoms with Crippen molar-refractivity contribution in [3.05, 3.63) is 41.2 Å². The van der Waals surface area contributed by atoms with Gasteiger partial charge in [-0.2, -0.15) is 0 Å². The maximum atomic E-state index is 12.9. The second-order valence-corrected chi connectivity index (χ2v) is 7.37. The molecule has 0 unspecified atom stereocenters. The van der Waals surface area contributed by atoms with E-state index in [-0.39, 0.29) is 5.91 Å². The average Bonchev–Trinajstić information content (AvgIpc) is 2.71. The maximum Gasteiger partial charge on any atom is 0.274 e. The van der Waals surface area contributed by atoms with Crippen LogP contribution in [0.3, 0.4) is 0 Å². The molecule has 2 heterocycles. The van der Waals surface area contributed by atoms with Gasteiger partial charge in [0.05, 0.1) is 0 Å². The first-order chi connectivity index (χ1) is 13.5. The first kappa shape index (κ1) is 20.1. The highest BCUT2D eigenvalue weighted by atomic mass is 16.1. The van der Waals surface area contributed by atoms with Crippen molar-refractivity contribution in [2.45, 2.75) is 47.0 Å². The third-order valence-electron chi connectivity index (χ3n) is 5.30. The van der Waals surface area contributed by atoms with E-state index in [9.17, 15) is 4.79 Å². The molecule has 1 aliphatic rings. The van der Waals surface area contributed by atoms with E-state index in [1.807, 2.05) is 19.9 Å². The third kappa shape index (κ3) is 4.61. The van der Waals surface area contributed by atoms with E-state index in [0.29, 0.717) is 11.6 Å². The molecular weight excluding hydrogens is 350 g/mol. The molecule has 1 aromatic heterocycles. The largest absolute Gasteiger partial charge is 0.372 e. The van der Waals surface area contributed by atoms with E-state index < -0.39 is 0 Å². The number of hydrogen-bond acceptors (Lipinski definition) is 5. The van der Waals surface area contributed by atoms with Gasteiger partial charge < -0.3 is 15.1 Å². The molecule has 2 aromatic rings. The summed E-state index contributed by atoms with van der Waals surface area (Å²) in [4.78, 5) is 26.4. The molecule has 1 N–H and O–H groups in total. The van der Waals surface area contributed by atoms with Crippen molar-refractivity contribution >= 4 is 23.2 Å². The molecule has 1 fully saturated rings. The smallest absolute Gasteiger partial charge is 0.274 e. The van der Waals surface area contributed by atoms with Crippen LogP contribution in [-0.2, 0) is 0 Å². The monoisotopic (exact) mass is 381 g/mol. The lowest BCUT2D eigenvalue weighted by Gasteiger charge is -2.27. The maximum absolute atomic E-state index is 12.9. The molecule has 0 radical (unpaired) electrons. The van der Waals surface area contributed by atoms with Crippen molar-refractivity contribution in [1.29, 1.82) is 0 Å². The fourth-order valence-electron chi connectivity index (χ4n) is 3.66. The normalized spacial score (nSPS) is 14.1. The molecule has 1 saturated heterocycles. The summed E-state index contributed by atoms with van der Waals surface area (Å²) in [6, 6.07) is 7.90. The minimum atomic E-state index is -0.192. The molecule has 150 valence electrons. The van der Waals surface area contributed by atoms with Crippen LogP contribution in [0.4, 0.5) is 17.3 Å². The first-order valence-corrected chi connectivity index (χ1v) is 10.3. The summed E-state index contributed by atoms with van der Waals surface area (Å²) in [5.41, 5.74) is 4.26. The highest BCUT2D eigenvalue weighted by Gasteiger charge is 2.18. The van der Waals surface area contributed by atoms with E-state index in [4.69, 9.17) is 0 Å². The van der Waals surface area contributed by atoms with Gasteiger partial charge >= 0.3 is 0 Å². The number of anilines is 3. The third-order valence-corrected chi connectivity index (χ3v) is 5.30. The summed E-state index contributed by atoms with van der Waals surface area (Å²) >= 11 is 0. The number of carbonyl (C=O) groups excluding carboxylic acids is 1. The van der Waals surface area contributed by atoms with E-state index in [2.05, 4.69) is 51.1 Å². The first-order valence-electron chi connectivity index (χ1n) is 10.3. The van der Waals surface area contributed by atoms with Crippen LogP contribution >= 0.6 is 0 Å². The van der Waals surface area contributed by atoms with Gasteiger partial charge in [-0.3, -0.25) is 4.79 Å². The quantitative estimate of drug-likeness (QED) is 0.813. The van der Waals surface area contributed by atoms with Crippen LogP contribution in [0.15, 0.2) is 24.3 Å². The summed E-state index contributed by atoms with van der Waals surface area (Å²) in [6.07, 6.45) is 3.55. The summed E-state index contributed by atoms with van der Waals surface area (Å²) in [5, 5.41) is 3.02. The molecule has 0 saturated carbocycles. The molecule has 1 aromatic carbocycles. The van der Waals surface area contributed by atoms with E-state index in [0.717, 1.165) is 56.0 Å². The Morgan fingerprint density at radius 3 is 2.43 bits per heavy atom. The molecule has 6 heteroatoms. The standard InChI is InChI=1S/C22H31N5O/c1-5-26(6-2)18-10-11-19(16(3)14-18)24-21(28)20-15-17(4)23-22(25-20)27-12-8-7-9-13-27/h10-11,14-15H,5-9,12-13H2,1-4H3,(H,24,28). The lowest BCUT2D eigenvalue weighted by Crippen LogP contribution is -2.31. The molecule has 0 atom stereocenters. The Labute approximate surface area is 168 Å². The van der Waals surface area contributed by atoms with Crippen molar-refractivity contribution < 1.29 is 4.79 Å². The van der Waals surface area contributed by atoms with Gasteiger partial charge in [0.15, 0.2) is 0 Å². The fourth-order valence-corrected chi connectivity index (χ4v) is 3.66. The Kier molecular flexibility index (Phi) is 6.49. The number of hydrogen-bond donors (Lipinski definition) is 1. The van der Waals surface area contributed by atoms with Crippen molar-refractivity contribution in [2.75, 3.05) is 41.3 Å². The number of aryl methyl sites for hydroxylation is 2. The van der Waals surface area contributed by atoms with Crippen LogP contribution < -0.4 is 15.1 Å². The van der Waals surface area contributed by atoms with Gasteiger partial charge in [0, 0.05) is 43.2 Å². The topological polar surface area (TPSA) is 61.4 Å². The summed E-state index contributed by atoms with van der Waals surface area (Å²) in [6.45, 7) is 12.1. The van der Waals surface area contributed by atoms with E-state index >= 15 is 0 Å². The number of benzene rings is 1. The fraction of sp³-hybridized carbons (Fsp3) is 0.500. The lowest BCUT2D eigenvalue weighted by molar-refractivity contribution is 0.102. The molecule has 1 aliphatic heterocycles.